The number of para-hydroxylation sites is 1. The van der Waals surface area contributed by atoms with Gasteiger partial charge in [0.25, 0.3) is 0 Å². The predicted octanol–water partition coefficient (Wildman–Crippen LogP) is 5.97. The summed E-state index contributed by atoms with van der Waals surface area (Å²) >= 11 is 0. The molecule has 0 bridgehead atoms. The normalized spacial score (nSPS) is 11.2. The van der Waals surface area contributed by atoms with Gasteiger partial charge in [-0.2, -0.15) is 4.98 Å². The fourth-order valence-electron chi connectivity index (χ4n) is 3.00. The van der Waals surface area contributed by atoms with Crippen LogP contribution in [0.2, 0.25) is 0 Å². The first-order valence-corrected chi connectivity index (χ1v) is 9.57. The number of anilines is 4. The highest BCUT2D eigenvalue weighted by molar-refractivity contribution is 5.63. The van der Waals surface area contributed by atoms with Gasteiger partial charge in [-0.05, 0) is 55.2 Å². The predicted molar refractivity (Wildman–Crippen MR) is 116 cm³/mol. The average Bonchev–Trinajstić information content (AvgIpc) is 2.63. The van der Waals surface area contributed by atoms with Crippen LogP contribution in [0.4, 0.5) is 23.1 Å². The number of aryl methyl sites for hydroxylation is 1. The maximum atomic E-state index is 5.49. The van der Waals surface area contributed by atoms with Gasteiger partial charge in [0.2, 0.25) is 5.95 Å². The lowest BCUT2D eigenvalue weighted by Gasteiger charge is -2.23. The molecule has 3 aromatic rings. The van der Waals surface area contributed by atoms with Crippen LogP contribution < -0.4 is 15.4 Å². The van der Waals surface area contributed by atoms with Gasteiger partial charge < -0.3 is 15.4 Å². The van der Waals surface area contributed by atoms with Crippen molar-refractivity contribution in [3.63, 3.8) is 0 Å². The Hall–Kier alpha value is -3.08. The summed E-state index contributed by atoms with van der Waals surface area (Å²) in [4.78, 5) is 9.19. The molecule has 0 atom stereocenters. The number of nitrogens with zero attached hydrogens (tertiary/aromatic N) is 2. The Kier molecular flexibility index (Phi) is 5.83. The lowest BCUT2D eigenvalue weighted by molar-refractivity contribution is 0.340. The van der Waals surface area contributed by atoms with Gasteiger partial charge in [0.05, 0.1) is 6.61 Å². The smallest absolute Gasteiger partial charge is 0.229 e. The molecule has 146 valence electrons. The Morgan fingerprint density at radius 3 is 2.32 bits per heavy atom. The van der Waals surface area contributed by atoms with Gasteiger partial charge >= 0.3 is 0 Å². The van der Waals surface area contributed by atoms with E-state index < -0.39 is 0 Å². The summed E-state index contributed by atoms with van der Waals surface area (Å²) in [6.45, 7) is 11.2. The van der Waals surface area contributed by atoms with Gasteiger partial charge in [-0.15, -0.1) is 0 Å². The Labute approximate surface area is 167 Å². The topological polar surface area (TPSA) is 59.1 Å². The minimum absolute atomic E-state index is 0.0246. The van der Waals surface area contributed by atoms with E-state index in [4.69, 9.17) is 4.74 Å². The summed E-state index contributed by atoms with van der Waals surface area (Å²) in [5.41, 5.74) is 4.10. The molecule has 0 aliphatic rings. The Morgan fingerprint density at radius 1 is 0.929 bits per heavy atom. The molecule has 1 heterocycles. The number of nitrogens with one attached hydrogen (secondary N) is 2. The van der Waals surface area contributed by atoms with Crippen LogP contribution in [0.25, 0.3) is 0 Å². The summed E-state index contributed by atoms with van der Waals surface area (Å²) < 4.78 is 5.49. The minimum atomic E-state index is 0.0246. The number of benzene rings is 2. The summed E-state index contributed by atoms with van der Waals surface area (Å²) in [6, 6.07) is 18.0. The molecule has 0 spiro atoms. The van der Waals surface area contributed by atoms with Gasteiger partial charge in [0.1, 0.15) is 11.6 Å². The van der Waals surface area contributed by atoms with Crippen molar-refractivity contribution in [2.75, 3.05) is 17.2 Å². The van der Waals surface area contributed by atoms with E-state index in [2.05, 4.69) is 59.6 Å². The van der Waals surface area contributed by atoms with E-state index in [-0.39, 0.29) is 5.41 Å². The Balaban J connectivity index is 1.82. The Morgan fingerprint density at radius 2 is 1.64 bits per heavy atom. The zero-order chi connectivity index (χ0) is 20.1. The van der Waals surface area contributed by atoms with Crippen LogP contribution in [0.1, 0.15) is 39.0 Å². The van der Waals surface area contributed by atoms with Crippen molar-refractivity contribution in [3.05, 3.63) is 65.9 Å². The first-order chi connectivity index (χ1) is 13.3. The molecule has 0 radical (unpaired) electrons. The fourth-order valence-corrected chi connectivity index (χ4v) is 3.00. The molecule has 5 heteroatoms. The molecule has 0 amide bonds. The monoisotopic (exact) mass is 376 g/mol. The van der Waals surface area contributed by atoms with Crippen molar-refractivity contribution in [2.24, 2.45) is 0 Å². The summed E-state index contributed by atoms with van der Waals surface area (Å²) in [6.07, 6.45) is 0. The zero-order valence-electron chi connectivity index (χ0n) is 17.2. The highest BCUT2D eigenvalue weighted by atomic mass is 16.5. The third-order valence-corrected chi connectivity index (χ3v) is 4.27. The van der Waals surface area contributed by atoms with Crippen LogP contribution in [0.15, 0.2) is 54.6 Å². The van der Waals surface area contributed by atoms with E-state index in [1.807, 2.05) is 50.2 Å². The highest BCUT2D eigenvalue weighted by Gasteiger charge is 2.18. The first kappa shape index (κ1) is 19.7. The molecule has 0 aliphatic carbocycles. The van der Waals surface area contributed by atoms with Gasteiger partial charge in [0.15, 0.2) is 0 Å². The van der Waals surface area contributed by atoms with Crippen LogP contribution in [0.3, 0.4) is 0 Å². The van der Waals surface area contributed by atoms with E-state index in [9.17, 15) is 0 Å². The van der Waals surface area contributed by atoms with E-state index >= 15 is 0 Å². The summed E-state index contributed by atoms with van der Waals surface area (Å²) in [7, 11) is 0. The number of aromatic nitrogens is 2. The number of ether oxygens (including phenoxy) is 1. The minimum Gasteiger partial charge on any atom is -0.494 e. The van der Waals surface area contributed by atoms with Crippen molar-refractivity contribution < 1.29 is 4.74 Å². The van der Waals surface area contributed by atoms with Crippen molar-refractivity contribution in [1.29, 1.82) is 0 Å². The highest BCUT2D eigenvalue weighted by Crippen LogP contribution is 2.31. The average molecular weight is 377 g/mol. The number of hydrogen-bond acceptors (Lipinski definition) is 5. The van der Waals surface area contributed by atoms with Crippen LogP contribution in [-0.2, 0) is 5.41 Å². The second-order valence-corrected chi connectivity index (χ2v) is 7.72. The van der Waals surface area contributed by atoms with Crippen molar-refractivity contribution >= 4 is 23.1 Å². The van der Waals surface area contributed by atoms with E-state index in [1.165, 1.54) is 5.56 Å². The molecule has 1 aromatic heterocycles. The second-order valence-electron chi connectivity index (χ2n) is 7.72. The van der Waals surface area contributed by atoms with E-state index in [0.717, 1.165) is 28.6 Å². The molecule has 0 unspecified atom stereocenters. The lowest BCUT2D eigenvalue weighted by atomic mass is 9.86. The van der Waals surface area contributed by atoms with Gasteiger partial charge in [-0.1, -0.05) is 39.0 Å². The van der Waals surface area contributed by atoms with E-state index in [0.29, 0.717) is 12.6 Å². The molecule has 3 rings (SSSR count). The molecular formula is C23H28N4O. The maximum absolute atomic E-state index is 5.49. The standard InChI is InChI=1S/C23H28N4O/c1-6-28-18-13-11-17(12-14-18)25-21-15-16(2)24-22(27-21)26-20-10-8-7-9-19(20)23(3,4)5/h7-15H,6H2,1-5H3,(H2,24,25,26,27). The third-order valence-electron chi connectivity index (χ3n) is 4.27. The van der Waals surface area contributed by atoms with Crippen molar-refractivity contribution in [2.45, 2.75) is 40.0 Å². The van der Waals surface area contributed by atoms with E-state index in [1.54, 1.807) is 0 Å². The second kappa shape index (κ2) is 8.30. The summed E-state index contributed by atoms with van der Waals surface area (Å²) in [5, 5.41) is 6.73. The van der Waals surface area contributed by atoms with Crippen molar-refractivity contribution in [3.8, 4) is 5.75 Å². The third kappa shape index (κ3) is 5.00. The lowest BCUT2D eigenvalue weighted by Crippen LogP contribution is -2.14. The molecule has 0 saturated heterocycles. The molecule has 0 saturated carbocycles. The molecular weight excluding hydrogens is 348 g/mol. The largest absolute Gasteiger partial charge is 0.494 e. The van der Waals surface area contributed by atoms with Crippen LogP contribution in [-0.4, -0.2) is 16.6 Å². The maximum Gasteiger partial charge on any atom is 0.229 e. The number of hydrogen-bond donors (Lipinski definition) is 2. The molecule has 28 heavy (non-hydrogen) atoms. The number of rotatable bonds is 6. The van der Waals surface area contributed by atoms with Gasteiger partial charge in [0, 0.05) is 23.1 Å². The SMILES string of the molecule is CCOc1ccc(Nc2cc(C)nc(Nc3ccccc3C(C)(C)C)n2)cc1. The molecule has 0 fully saturated rings. The van der Waals surface area contributed by atoms with Gasteiger partial charge in [-0.3, -0.25) is 0 Å². The quantitative estimate of drug-likeness (QED) is 0.555. The molecule has 2 aromatic carbocycles. The Bertz CT molecular complexity index is 930. The van der Waals surface area contributed by atoms with Crippen molar-refractivity contribution in [1.82, 2.24) is 9.97 Å². The summed E-state index contributed by atoms with van der Waals surface area (Å²) in [5.74, 6) is 2.17. The molecule has 2 N–H and O–H groups in total. The zero-order valence-corrected chi connectivity index (χ0v) is 17.2. The van der Waals surface area contributed by atoms with Crippen LogP contribution in [0.5, 0.6) is 5.75 Å². The fraction of sp³-hybridized carbons (Fsp3) is 0.304. The van der Waals surface area contributed by atoms with Crippen LogP contribution >= 0.6 is 0 Å². The molecule has 5 nitrogen and oxygen atoms in total. The van der Waals surface area contributed by atoms with Gasteiger partial charge in [-0.25, -0.2) is 4.98 Å². The molecule has 0 aliphatic heterocycles. The van der Waals surface area contributed by atoms with Crippen LogP contribution in [0, 0.1) is 6.92 Å². The first-order valence-electron chi connectivity index (χ1n) is 9.57.